The Morgan fingerprint density at radius 2 is 1.43 bits per heavy atom. The quantitative estimate of drug-likeness (QED) is 0.365. The maximum atomic E-state index is 2.30. The molecule has 0 bridgehead atoms. The van der Waals surface area contributed by atoms with E-state index in [1.165, 1.54) is 42.7 Å². The van der Waals surface area contributed by atoms with Gasteiger partial charge in [0.05, 0.1) is 0 Å². The van der Waals surface area contributed by atoms with Gasteiger partial charge in [-0.05, 0) is 46.2 Å². The van der Waals surface area contributed by atoms with Crippen LogP contribution in [0.5, 0.6) is 0 Å². The van der Waals surface area contributed by atoms with Crippen molar-refractivity contribution in [2.45, 2.75) is 13.8 Å². The van der Waals surface area contributed by atoms with Crippen LogP contribution in [-0.4, -0.2) is 9.52 Å². The lowest BCUT2D eigenvalue weighted by Gasteiger charge is -2.13. The van der Waals surface area contributed by atoms with Crippen LogP contribution in [0.25, 0.3) is 32.3 Å². The predicted molar refractivity (Wildman–Crippen MR) is 95.0 cm³/mol. The summed E-state index contributed by atoms with van der Waals surface area (Å²) in [5, 5.41) is 11.2. The van der Waals surface area contributed by atoms with Crippen molar-refractivity contribution in [2.75, 3.05) is 0 Å². The molecule has 4 aromatic rings. The molecule has 0 N–H and O–H groups in total. The molecular formula is C20H16Si. The van der Waals surface area contributed by atoms with Gasteiger partial charge in [0.25, 0.3) is 0 Å². The van der Waals surface area contributed by atoms with Gasteiger partial charge < -0.3 is 0 Å². The highest BCUT2D eigenvalue weighted by Crippen LogP contribution is 2.33. The Labute approximate surface area is 127 Å². The fourth-order valence-corrected chi connectivity index (χ4v) is 4.21. The number of allylic oxidation sites excluding steroid dienone is 2. The SMILES string of the molecule is CC=C(C)[Si]c1ccc2ccc3cccc4ccc1c2c34. The number of rotatable bonds is 2. The first kappa shape index (κ1) is 12.6. The molecule has 0 unspecified atom stereocenters. The highest BCUT2D eigenvalue weighted by atomic mass is 28.2. The fraction of sp³-hybridized carbons (Fsp3) is 0.100. The second-order valence-electron chi connectivity index (χ2n) is 5.57. The Morgan fingerprint density at radius 3 is 2.14 bits per heavy atom. The molecule has 4 aromatic carbocycles. The highest BCUT2D eigenvalue weighted by Gasteiger charge is 2.10. The lowest BCUT2D eigenvalue weighted by atomic mass is 9.94. The molecule has 21 heavy (non-hydrogen) atoms. The second kappa shape index (κ2) is 4.71. The van der Waals surface area contributed by atoms with E-state index < -0.39 is 0 Å². The van der Waals surface area contributed by atoms with Gasteiger partial charge in [-0.1, -0.05) is 71.1 Å². The highest BCUT2D eigenvalue weighted by molar-refractivity contribution is 6.64. The summed E-state index contributed by atoms with van der Waals surface area (Å²) < 4.78 is 0. The number of benzene rings is 4. The summed E-state index contributed by atoms with van der Waals surface area (Å²) in [7, 11) is 0.757. The Bertz CT molecular complexity index is 963. The van der Waals surface area contributed by atoms with Crippen molar-refractivity contribution >= 4 is 47.0 Å². The van der Waals surface area contributed by atoms with Crippen molar-refractivity contribution in [2.24, 2.45) is 0 Å². The van der Waals surface area contributed by atoms with Gasteiger partial charge in [0.2, 0.25) is 0 Å². The summed E-state index contributed by atoms with van der Waals surface area (Å²) in [6, 6.07) is 20.2. The van der Waals surface area contributed by atoms with Crippen molar-refractivity contribution < 1.29 is 0 Å². The smallest absolute Gasteiger partial charge is 0.0927 e. The summed E-state index contributed by atoms with van der Waals surface area (Å²) in [4.78, 5) is 0. The first-order chi connectivity index (χ1) is 10.3. The standard InChI is InChI=1S/C20H16Si/c1-3-13(2)21-18-12-10-16-8-7-14-5-4-6-15-9-11-17(18)20(16)19(14)15/h3-12H,1-2H3. The van der Waals surface area contributed by atoms with Crippen molar-refractivity contribution in [1.29, 1.82) is 0 Å². The van der Waals surface area contributed by atoms with E-state index in [0.29, 0.717) is 0 Å². The Hall–Kier alpha value is -2.12. The lowest BCUT2D eigenvalue weighted by Crippen LogP contribution is -2.16. The molecule has 0 nitrogen and oxygen atoms in total. The van der Waals surface area contributed by atoms with Crippen LogP contribution in [0, 0.1) is 0 Å². The minimum Gasteiger partial charge on any atom is -0.0927 e. The summed E-state index contributed by atoms with van der Waals surface area (Å²) in [6.45, 7) is 4.34. The summed E-state index contributed by atoms with van der Waals surface area (Å²) in [5.74, 6) is 0. The van der Waals surface area contributed by atoms with Gasteiger partial charge in [0.15, 0.2) is 0 Å². The average Bonchev–Trinajstić information content (AvgIpc) is 2.53. The van der Waals surface area contributed by atoms with E-state index in [0.717, 1.165) is 9.52 Å². The van der Waals surface area contributed by atoms with E-state index in [1.54, 1.807) is 0 Å². The molecule has 100 valence electrons. The normalized spacial score (nSPS) is 12.8. The molecule has 4 rings (SSSR count). The molecule has 0 saturated heterocycles. The summed E-state index contributed by atoms with van der Waals surface area (Å²) >= 11 is 0. The predicted octanol–water partition coefficient (Wildman–Crippen LogP) is 4.84. The largest absolute Gasteiger partial charge is 0.115 e. The van der Waals surface area contributed by atoms with E-state index in [4.69, 9.17) is 0 Å². The minimum atomic E-state index is 0.757. The molecule has 0 fully saturated rings. The van der Waals surface area contributed by atoms with Gasteiger partial charge in [-0.2, -0.15) is 0 Å². The summed E-state index contributed by atoms with van der Waals surface area (Å²) in [5.41, 5.74) is 0. The minimum absolute atomic E-state index is 0.757. The Morgan fingerprint density at radius 1 is 0.810 bits per heavy atom. The number of hydrogen-bond donors (Lipinski definition) is 0. The van der Waals surface area contributed by atoms with Crippen LogP contribution in [0.3, 0.4) is 0 Å². The molecule has 0 amide bonds. The van der Waals surface area contributed by atoms with Crippen LogP contribution in [-0.2, 0) is 0 Å². The van der Waals surface area contributed by atoms with Crippen LogP contribution in [0.2, 0.25) is 0 Å². The molecular weight excluding hydrogens is 268 g/mol. The molecule has 0 heterocycles. The molecule has 0 spiro atoms. The second-order valence-corrected chi connectivity index (χ2v) is 7.14. The third kappa shape index (κ3) is 1.89. The maximum Gasteiger partial charge on any atom is 0.115 e. The monoisotopic (exact) mass is 284 g/mol. The zero-order valence-electron chi connectivity index (χ0n) is 12.3. The van der Waals surface area contributed by atoms with Gasteiger partial charge >= 0.3 is 0 Å². The third-order valence-electron chi connectivity index (χ3n) is 4.29. The molecule has 0 saturated carbocycles. The van der Waals surface area contributed by atoms with E-state index >= 15 is 0 Å². The molecule has 2 radical (unpaired) electrons. The third-order valence-corrected chi connectivity index (χ3v) is 5.68. The number of hydrogen-bond acceptors (Lipinski definition) is 0. The zero-order chi connectivity index (χ0) is 14.4. The van der Waals surface area contributed by atoms with E-state index in [-0.39, 0.29) is 0 Å². The molecule has 0 aliphatic carbocycles. The van der Waals surface area contributed by atoms with Gasteiger partial charge in [-0.25, -0.2) is 0 Å². The molecule has 0 aromatic heterocycles. The van der Waals surface area contributed by atoms with Crippen LogP contribution in [0.15, 0.2) is 65.9 Å². The summed E-state index contributed by atoms with van der Waals surface area (Å²) in [6.07, 6.45) is 2.22. The molecule has 1 heteroatoms. The van der Waals surface area contributed by atoms with Crippen LogP contribution >= 0.6 is 0 Å². The van der Waals surface area contributed by atoms with Crippen molar-refractivity contribution in [3.63, 3.8) is 0 Å². The fourth-order valence-electron chi connectivity index (χ4n) is 3.13. The van der Waals surface area contributed by atoms with E-state index in [2.05, 4.69) is 74.5 Å². The van der Waals surface area contributed by atoms with E-state index in [1.807, 2.05) is 0 Å². The van der Waals surface area contributed by atoms with Crippen LogP contribution < -0.4 is 5.19 Å². The molecule has 0 aliphatic rings. The maximum absolute atomic E-state index is 2.30. The van der Waals surface area contributed by atoms with Gasteiger partial charge in [0.1, 0.15) is 9.52 Å². The van der Waals surface area contributed by atoms with Crippen molar-refractivity contribution in [3.05, 3.63) is 65.9 Å². The van der Waals surface area contributed by atoms with E-state index in [9.17, 15) is 0 Å². The topological polar surface area (TPSA) is 0 Å². The van der Waals surface area contributed by atoms with Crippen LogP contribution in [0.4, 0.5) is 0 Å². The Balaban J connectivity index is 2.15. The first-order valence-electron chi connectivity index (χ1n) is 7.34. The molecule has 0 atom stereocenters. The van der Waals surface area contributed by atoms with Crippen molar-refractivity contribution in [1.82, 2.24) is 0 Å². The molecule has 0 aliphatic heterocycles. The Kier molecular flexibility index (Phi) is 2.83. The first-order valence-corrected chi connectivity index (χ1v) is 8.34. The van der Waals surface area contributed by atoms with Gasteiger partial charge in [0, 0.05) is 0 Å². The lowest BCUT2D eigenvalue weighted by molar-refractivity contribution is 1.57. The van der Waals surface area contributed by atoms with Crippen molar-refractivity contribution in [3.8, 4) is 0 Å². The zero-order valence-corrected chi connectivity index (χ0v) is 13.3. The van der Waals surface area contributed by atoms with Crippen LogP contribution in [0.1, 0.15) is 13.8 Å². The van der Waals surface area contributed by atoms with Gasteiger partial charge in [-0.15, -0.1) is 0 Å². The average molecular weight is 284 g/mol. The van der Waals surface area contributed by atoms with Gasteiger partial charge in [-0.3, -0.25) is 0 Å².